The van der Waals surface area contributed by atoms with Crippen LogP contribution in [-0.4, -0.2) is 42.6 Å². The van der Waals surface area contributed by atoms with Gasteiger partial charge in [-0.3, -0.25) is 14.5 Å². The molecule has 0 saturated carbocycles. The molecule has 8 heteroatoms. The van der Waals surface area contributed by atoms with Crippen LogP contribution in [0.1, 0.15) is 38.8 Å². The highest BCUT2D eigenvalue weighted by Gasteiger charge is 2.44. The third kappa shape index (κ3) is 4.02. The van der Waals surface area contributed by atoms with Gasteiger partial charge in [0.1, 0.15) is 10.8 Å². The largest absolute Gasteiger partial charge is 0.497 e. The van der Waals surface area contributed by atoms with Crippen LogP contribution >= 0.6 is 11.3 Å². The standard InChI is InChI=1S/C26H23NO6S/c1-4-33-26(31)19-14-34-25(15(19)2)27-21(16-10-12-18(32-3)13-11-16)20(23(29)24(27)30)22(28)17-8-6-5-7-9-17/h5-14,23,29H,4H2,1-3H3. The fourth-order valence-electron chi connectivity index (χ4n) is 3.85. The van der Waals surface area contributed by atoms with Gasteiger partial charge in [-0.2, -0.15) is 0 Å². The lowest BCUT2D eigenvalue weighted by molar-refractivity contribution is -0.123. The molecule has 1 aromatic heterocycles. The van der Waals surface area contributed by atoms with Crippen LogP contribution in [0.25, 0.3) is 5.70 Å². The number of Topliss-reactive ketones (excluding diaryl/α,β-unsaturated/α-hetero) is 1. The number of aliphatic hydroxyl groups is 1. The Balaban J connectivity index is 1.92. The van der Waals surface area contributed by atoms with E-state index in [1.165, 1.54) is 16.2 Å². The molecule has 174 valence electrons. The molecule has 1 amide bonds. The van der Waals surface area contributed by atoms with E-state index in [-0.39, 0.29) is 17.9 Å². The molecular weight excluding hydrogens is 454 g/mol. The smallest absolute Gasteiger partial charge is 0.339 e. The Kier molecular flexibility index (Phi) is 6.63. The van der Waals surface area contributed by atoms with E-state index >= 15 is 0 Å². The van der Waals surface area contributed by atoms with Crippen LogP contribution in [0.15, 0.2) is 65.6 Å². The molecule has 1 N–H and O–H groups in total. The zero-order valence-electron chi connectivity index (χ0n) is 18.9. The van der Waals surface area contributed by atoms with E-state index in [0.717, 1.165) is 0 Å². The average molecular weight is 478 g/mol. The second-order valence-corrected chi connectivity index (χ2v) is 8.42. The van der Waals surface area contributed by atoms with Gasteiger partial charge in [0, 0.05) is 10.9 Å². The molecule has 1 aliphatic rings. The normalized spacial score (nSPS) is 15.6. The molecule has 2 aromatic carbocycles. The van der Waals surface area contributed by atoms with Crippen molar-refractivity contribution in [1.82, 2.24) is 0 Å². The van der Waals surface area contributed by atoms with Gasteiger partial charge in [-0.15, -0.1) is 11.3 Å². The molecule has 0 spiro atoms. The maximum absolute atomic E-state index is 13.5. The van der Waals surface area contributed by atoms with Crippen molar-refractivity contribution >= 4 is 39.7 Å². The molecular formula is C26H23NO6S. The number of benzene rings is 2. The maximum atomic E-state index is 13.5. The predicted molar refractivity (Wildman–Crippen MR) is 129 cm³/mol. The Bertz CT molecular complexity index is 1280. The van der Waals surface area contributed by atoms with E-state index in [1.54, 1.807) is 80.9 Å². The number of anilines is 1. The number of esters is 1. The van der Waals surface area contributed by atoms with E-state index in [0.29, 0.717) is 33.0 Å². The predicted octanol–water partition coefficient (Wildman–Crippen LogP) is 4.24. The number of thiophene rings is 1. The summed E-state index contributed by atoms with van der Waals surface area (Å²) in [5.41, 5.74) is 2.02. The third-order valence-electron chi connectivity index (χ3n) is 5.56. The zero-order chi connectivity index (χ0) is 24.4. The van der Waals surface area contributed by atoms with Crippen LogP contribution < -0.4 is 9.64 Å². The summed E-state index contributed by atoms with van der Waals surface area (Å²) >= 11 is 1.17. The van der Waals surface area contributed by atoms with Crippen molar-refractivity contribution < 1.29 is 29.0 Å². The van der Waals surface area contributed by atoms with Crippen molar-refractivity contribution in [1.29, 1.82) is 0 Å². The summed E-state index contributed by atoms with van der Waals surface area (Å²) in [7, 11) is 1.54. The molecule has 0 fully saturated rings. The maximum Gasteiger partial charge on any atom is 0.339 e. The number of rotatable bonds is 7. The molecule has 0 saturated heterocycles. The Morgan fingerprint density at radius 1 is 1.09 bits per heavy atom. The molecule has 2 heterocycles. The minimum absolute atomic E-state index is 0.0214. The molecule has 7 nitrogen and oxygen atoms in total. The van der Waals surface area contributed by atoms with Crippen molar-refractivity contribution in [3.05, 3.63) is 87.8 Å². The topological polar surface area (TPSA) is 93.1 Å². The zero-order valence-corrected chi connectivity index (χ0v) is 19.7. The SMILES string of the molecule is CCOC(=O)c1csc(N2C(=O)C(O)C(C(=O)c3ccccc3)=C2c2ccc(OC)cc2)c1C. The van der Waals surface area contributed by atoms with Gasteiger partial charge in [0.2, 0.25) is 0 Å². The summed E-state index contributed by atoms with van der Waals surface area (Å²) in [5.74, 6) is -1.00. The summed E-state index contributed by atoms with van der Waals surface area (Å²) in [6.07, 6.45) is -1.66. The lowest BCUT2D eigenvalue weighted by atomic mass is 9.96. The van der Waals surface area contributed by atoms with Crippen LogP contribution in [0.2, 0.25) is 0 Å². The quantitative estimate of drug-likeness (QED) is 0.404. The monoisotopic (exact) mass is 477 g/mol. The molecule has 3 aromatic rings. The van der Waals surface area contributed by atoms with Gasteiger partial charge in [-0.25, -0.2) is 4.79 Å². The van der Waals surface area contributed by atoms with E-state index < -0.39 is 23.8 Å². The number of carbonyl (C=O) groups is 3. The van der Waals surface area contributed by atoms with Crippen LogP contribution in [-0.2, 0) is 9.53 Å². The van der Waals surface area contributed by atoms with Gasteiger partial charge in [-0.05, 0) is 49.2 Å². The average Bonchev–Trinajstić information content (AvgIpc) is 3.36. The Labute approximate surface area is 200 Å². The Hall–Kier alpha value is -3.75. The number of ketones is 1. The number of aliphatic hydroxyl groups excluding tert-OH is 1. The molecule has 0 aliphatic carbocycles. The van der Waals surface area contributed by atoms with Crippen LogP contribution in [0, 0.1) is 6.92 Å². The molecule has 1 atom stereocenters. The summed E-state index contributed by atoms with van der Waals surface area (Å²) in [6.45, 7) is 3.64. The first-order valence-corrected chi connectivity index (χ1v) is 11.5. The minimum Gasteiger partial charge on any atom is -0.497 e. The Morgan fingerprint density at radius 3 is 2.38 bits per heavy atom. The van der Waals surface area contributed by atoms with Crippen molar-refractivity contribution in [2.75, 3.05) is 18.6 Å². The second kappa shape index (κ2) is 9.62. The highest BCUT2D eigenvalue weighted by Crippen LogP contribution is 2.43. The Morgan fingerprint density at radius 2 is 1.76 bits per heavy atom. The highest BCUT2D eigenvalue weighted by atomic mass is 32.1. The van der Waals surface area contributed by atoms with Gasteiger partial charge in [-0.1, -0.05) is 30.3 Å². The van der Waals surface area contributed by atoms with E-state index in [9.17, 15) is 19.5 Å². The third-order valence-corrected chi connectivity index (χ3v) is 6.63. The van der Waals surface area contributed by atoms with E-state index in [4.69, 9.17) is 9.47 Å². The number of carbonyl (C=O) groups excluding carboxylic acids is 3. The first-order valence-electron chi connectivity index (χ1n) is 10.6. The van der Waals surface area contributed by atoms with Gasteiger partial charge >= 0.3 is 5.97 Å². The molecule has 1 unspecified atom stereocenters. The lowest BCUT2D eigenvalue weighted by Crippen LogP contribution is -2.31. The van der Waals surface area contributed by atoms with Crippen molar-refractivity contribution in [2.45, 2.75) is 20.0 Å². The van der Waals surface area contributed by atoms with Gasteiger partial charge < -0.3 is 14.6 Å². The van der Waals surface area contributed by atoms with Gasteiger partial charge in [0.05, 0.1) is 30.6 Å². The van der Waals surface area contributed by atoms with E-state index in [1.807, 2.05) is 0 Å². The van der Waals surface area contributed by atoms with Crippen LogP contribution in [0.5, 0.6) is 5.75 Å². The fourth-order valence-corrected chi connectivity index (χ4v) is 4.93. The number of ether oxygens (including phenoxy) is 2. The van der Waals surface area contributed by atoms with Crippen molar-refractivity contribution in [3.8, 4) is 5.75 Å². The highest BCUT2D eigenvalue weighted by molar-refractivity contribution is 7.15. The number of nitrogens with zero attached hydrogens (tertiary/aromatic N) is 1. The summed E-state index contributed by atoms with van der Waals surface area (Å²) in [5, 5.41) is 13.0. The molecule has 0 radical (unpaired) electrons. The molecule has 1 aliphatic heterocycles. The number of hydrogen-bond acceptors (Lipinski definition) is 7. The van der Waals surface area contributed by atoms with Crippen LogP contribution in [0.4, 0.5) is 5.00 Å². The number of methoxy groups -OCH3 is 1. The van der Waals surface area contributed by atoms with Crippen molar-refractivity contribution in [3.63, 3.8) is 0 Å². The van der Waals surface area contributed by atoms with Crippen molar-refractivity contribution in [2.24, 2.45) is 0 Å². The van der Waals surface area contributed by atoms with E-state index in [2.05, 4.69) is 0 Å². The molecule has 34 heavy (non-hydrogen) atoms. The first-order chi connectivity index (χ1) is 16.4. The lowest BCUT2D eigenvalue weighted by Gasteiger charge is -2.21. The minimum atomic E-state index is -1.66. The second-order valence-electron chi connectivity index (χ2n) is 7.56. The summed E-state index contributed by atoms with van der Waals surface area (Å²) in [4.78, 5) is 40.5. The first kappa shape index (κ1) is 23.4. The molecule has 4 rings (SSSR count). The van der Waals surface area contributed by atoms with Crippen LogP contribution in [0.3, 0.4) is 0 Å². The van der Waals surface area contributed by atoms with Gasteiger partial charge in [0.15, 0.2) is 11.9 Å². The summed E-state index contributed by atoms with van der Waals surface area (Å²) in [6, 6.07) is 15.4. The number of amides is 1. The number of hydrogen-bond donors (Lipinski definition) is 1. The molecule has 0 bridgehead atoms. The summed E-state index contributed by atoms with van der Waals surface area (Å²) < 4.78 is 10.4. The van der Waals surface area contributed by atoms with Gasteiger partial charge in [0.25, 0.3) is 5.91 Å². The fraction of sp³-hybridized carbons (Fsp3) is 0.192.